The Kier molecular flexibility index (Phi) is 6.50. The molecule has 0 spiro atoms. The molecule has 1 aromatic rings. The van der Waals surface area contributed by atoms with E-state index >= 15 is 0 Å². The van der Waals surface area contributed by atoms with Gasteiger partial charge in [-0.15, -0.1) is 0 Å². The first-order valence-corrected chi connectivity index (χ1v) is 7.27. The molecule has 0 amide bonds. The van der Waals surface area contributed by atoms with Gasteiger partial charge in [0.1, 0.15) is 11.6 Å². The number of aryl methyl sites for hydroxylation is 2. The summed E-state index contributed by atoms with van der Waals surface area (Å²) in [6, 6.07) is 4.13. The Hall–Kier alpha value is -1.74. The van der Waals surface area contributed by atoms with Crippen molar-refractivity contribution < 1.29 is 4.74 Å². The molecule has 0 fully saturated rings. The van der Waals surface area contributed by atoms with Gasteiger partial charge in [-0.1, -0.05) is 25.1 Å². The van der Waals surface area contributed by atoms with Gasteiger partial charge < -0.3 is 10.1 Å². The standard InChI is InChI=1S/C17H23ClN2O/c1-7-14-9-17(21-6)16(8-12(14)4)20-13(5)19-10-15(18)11(2)3/h8-10H,2,7H2,1,3-6H3,(H,19,20)/b15-10+. The molecule has 1 aromatic carbocycles. The summed E-state index contributed by atoms with van der Waals surface area (Å²) in [4.78, 5) is 4.28. The Morgan fingerprint density at radius 2 is 2.10 bits per heavy atom. The number of anilines is 1. The highest BCUT2D eigenvalue weighted by Gasteiger charge is 2.07. The smallest absolute Gasteiger partial charge is 0.142 e. The van der Waals surface area contributed by atoms with Crippen LogP contribution in [0.5, 0.6) is 5.75 Å². The summed E-state index contributed by atoms with van der Waals surface area (Å²) in [6.45, 7) is 11.7. The van der Waals surface area contributed by atoms with Gasteiger partial charge in [0.25, 0.3) is 0 Å². The van der Waals surface area contributed by atoms with E-state index in [0.29, 0.717) is 5.03 Å². The Morgan fingerprint density at radius 1 is 1.43 bits per heavy atom. The van der Waals surface area contributed by atoms with Crippen LogP contribution in [0, 0.1) is 6.92 Å². The van der Waals surface area contributed by atoms with Crippen molar-refractivity contribution in [2.45, 2.75) is 34.1 Å². The fourth-order valence-corrected chi connectivity index (χ4v) is 1.92. The number of aliphatic imine (C=N–C) groups is 1. The molecule has 0 bridgehead atoms. The molecule has 0 aliphatic heterocycles. The molecular formula is C17H23ClN2O. The van der Waals surface area contributed by atoms with Crippen LogP contribution in [-0.4, -0.2) is 12.9 Å². The van der Waals surface area contributed by atoms with Crippen LogP contribution in [0.4, 0.5) is 5.69 Å². The maximum atomic E-state index is 5.99. The number of benzene rings is 1. The van der Waals surface area contributed by atoms with E-state index in [2.05, 4.69) is 42.9 Å². The molecule has 0 aliphatic rings. The molecule has 0 aromatic heterocycles. The summed E-state index contributed by atoms with van der Waals surface area (Å²) in [5.41, 5.74) is 4.18. The summed E-state index contributed by atoms with van der Waals surface area (Å²) in [6.07, 6.45) is 2.57. The van der Waals surface area contributed by atoms with Gasteiger partial charge in [0, 0.05) is 6.20 Å². The predicted octanol–water partition coefficient (Wildman–Crippen LogP) is 5.05. The number of allylic oxidation sites excluding steroid dienone is 2. The molecule has 0 saturated heterocycles. The third-order valence-electron chi connectivity index (χ3n) is 3.13. The lowest BCUT2D eigenvalue weighted by molar-refractivity contribution is 0.416. The van der Waals surface area contributed by atoms with Crippen LogP contribution in [0.15, 0.2) is 40.5 Å². The first-order valence-electron chi connectivity index (χ1n) is 6.89. The Labute approximate surface area is 132 Å². The lowest BCUT2D eigenvalue weighted by Crippen LogP contribution is -2.08. The first-order chi connectivity index (χ1) is 9.88. The number of rotatable bonds is 5. The zero-order valence-corrected chi connectivity index (χ0v) is 14.1. The molecule has 1 N–H and O–H groups in total. The Bertz CT molecular complexity index is 589. The highest BCUT2D eigenvalue weighted by Crippen LogP contribution is 2.28. The van der Waals surface area contributed by atoms with Crippen molar-refractivity contribution in [1.82, 2.24) is 0 Å². The third kappa shape index (κ3) is 4.94. The predicted molar refractivity (Wildman–Crippen MR) is 92.6 cm³/mol. The highest BCUT2D eigenvalue weighted by molar-refractivity contribution is 6.31. The number of nitrogens with one attached hydrogen (secondary N) is 1. The molecule has 0 radical (unpaired) electrons. The van der Waals surface area contributed by atoms with Crippen LogP contribution in [0.1, 0.15) is 31.9 Å². The van der Waals surface area contributed by atoms with Crippen molar-refractivity contribution in [2.24, 2.45) is 4.99 Å². The van der Waals surface area contributed by atoms with E-state index in [1.165, 1.54) is 11.1 Å². The van der Waals surface area contributed by atoms with E-state index in [9.17, 15) is 0 Å². The van der Waals surface area contributed by atoms with E-state index in [4.69, 9.17) is 16.3 Å². The normalized spacial score (nSPS) is 12.3. The molecular weight excluding hydrogens is 284 g/mol. The number of amidine groups is 1. The maximum Gasteiger partial charge on any atom is 0.142 e. The topological polar surface area (TPSA) is 33.6 Å². The Balaban J connectivity index is 3.02. The molecule has 0 unspecified atom stereocenters. The average Bonchev–Trinajstić information content (AvgIpc) is 2.44. The third-order valence-corrected chi connectivity index (χ3v) is 3.55. The first kappa shape index (κ1) is 17.3. The van der Waals surface area contributed by atoms with Gasteiger partial charge >= 0.3 is 0 Å². The van der Waals surface area contributed by atoms with Crippen LogP contribution >= 0.6 is 11.6 Å². The van der Waals surface area contributed by atoms with Crippen LogP contribution < -0.4 is 10.1 Å². The number of methoxy groups -OCH3 is 1. The SMILES string of the molecule is C=C(C)/C(Cl)=C\N=C(C)Nc1cc(C)c(CC)cc1OC. The van der Waals surface area contributed by atoms with Gasteiger partial charge in [-0.25, -0.2) is 4.99 Å². The summed E-state index contributed by atoms with van der Waals surface area (Å²) in [5.74, 6) is 1.54. The van der Waals surface area contributed by atoms with Gasteiger partial charge in [0.2, 0.25) is 0 Å². The van der Waals surface area contributed by atoms with E-state index in [-0.39, 0.29) is 0 Å². The second-order valence-electron chi connectivity index (χ2n) is 4.93. The zero-order chi connectivity index (χ0) is 16.0. The van der Waals surface area contributed by atoms with Crippen molar-refractivity contribution >= 4 is 23.1 Å². The summed E-state index contributed by atoms with van der Waals surface area (Å²) in [5, 5.41) is 3.78. The molecule has 0 aliphatic carbocycles. The zero-order valence-electron chi connectivity index (χ0n) is 13.4. The van der Waals surface area contributed by atoms with Crippen molar-refractivity contribution in [3.8, 4) is 5.75 Å². The van der Waals surface area contributed by atoms with Crippen LogP contribution in [-0.2, 0) is 6.42 Å². The lowest BCUT2D eigenvalue weighted by Gasteiger charge is -2.14. The molecule has 0 heterocycles. The van der Waals surface area contributed by atoms with Gasteiger partial charge in [0.05, 0.1) is 17.8 Å². The van der Waals surface area contributed by atoms with Crippen molar-refractivity contribution in [2.75, 3.05) is 12.4 Å². The molecule has 114 valence electrons. The number of halogens is 1. The molecule has 21 heavy (non-hydrogen) atoms. The highest BCUT2D eigenvalue weighted by atomic mass is 35.5. The minimum atomic E-state index is 0.542. The van der Waals surface area contributed by atoms with E-state index < -0.39 is 0 Å². The van der Waals surface area contributed by atoms with Crippen LogP contribution in [0.25, 0.3) is 0 Å². The number of ether oxygens (including phenoxy) is 1. The molecule has 4 heteroatoms. The number of nitrogens with zero attached hydrogens (tertiary/aromatic N) is 1. The van der Waals surface area contributed by atoms with Crippen LogP contribution in [0.2, 0.25) is 0 Å². The van der Waals surface area contributed by atoms with Crippen molar-refractivity contribution in [1.29, 1.82) is 0 Å². The fraction of sp³-hybridized carbons (Fsp3) is 0.353. The largest absolute Gasteiger partial charge is 0.495 e. The molecule has 0 atom stereocenters. The number of hydrogen-bond donors (Lipinski definition) is 1. The van der Waals surface area contributed by atoms with Crippen LogP contribution in [0.3, 0.4) is 0 Å². The van der Waals surface area contributed by atoms with Gasteiger partial charge in [-0.05, 0) is 56.0 Å². The van der Waals surface area contributed by atoms with E-state index in [1.54, 1.807) is 13.3 Å². The van der Waals surface area contributed by atoms with Crippen molar-refractivity contribution in [3.05, 3.63) is 46.6 Å². The Morgan fingerprint density at radius 3 is 2.62 bits per heavy atom. The summed E-state index contributed by atoms with van der Waals surface area (Å²) in [7, 11) is 1.67. The second kappa shape index (κ2) is 7.89. The quantitative estimate of drug-likeness (QED) is 0.469. The molecule has 3 nitrogen and oxygen atoms in total. The second-order valence-corrected chi connectivity index (χ2v) is 5.34. The minimum Gasteiger partial charge on any atom is -0.495 e. The van der Waals surface area contributed by atoms with E-state index in [1.807, 2.05) is 13.8 Å². The summed E-state index contributed by atoms with van der Waals surface area (Å²) >= 11 is 5.99. The van der Waals surface area contributed by atoms with Gasteiger partial charge in [-0.3, -0.25) is 0 Å². The number of hydrogen-bond acceptors (Lipinski definition) is 2. The fourth-order valence-electron chi connectivity index (χ4n) is 1.87. The summed E-state index contributed by atoms with van der Waals surface area (Å²) < 4.78 is 5.43. The monoisotopic (exact) mass is 306 g/mol. The molecule has 0 saturated carbocycles. The maximum absolute atomic E-state index is 5.99. The lowest BCUT2D eigenvalue weighted by atomic mass is 10.0. The van der Waals surface area contributed by atoms with E-state index in [0.717, 1.165) is 29.3 Å². The van der Waals surface area contributed by atoms with Gasteiger partial charge in [-0.2, -0.15) is 0 Å². The average molecular weight is 307 g/mol. The minimum absolute atomic E-state index is 0.542. The van der Waals surface area contributed by atoms with Crippen molar-refractivity contribution in [3.63, 3.8) is 0 Å². The van der Waals surface area contributed by atoms with Gasteiger partial charge in [0.15, 0.2) is 0 Å². The molecule has 1 rings (SSSR count).